The standard InChI is InChI=1S/C10H16N3O3/c1-6(8(11)14)10(16)13-4-2-3-7(5-13)9(12)15/h7H,2-5H2,1H3,(H2,11,14)(H2,12,15). The Balaban J connectivity index is 2.63. The van der Waals surface area contributed by atoms with Crippen molar-refractivity contribution in [1.82, 2.24) is 4.90 Å². The number of hydrogen-bond donors (Lipinski definition) is 2. The third-order valence-corrected chi connectivity index (χ3v) is 2.80. The van der Waals surface area contributed by atoms with Crippen molar-refractivity contribution in [3.8, 4) is 0 Å². The van der Waals surface area contributed by atoms with Crippen LogP contribution in [0.4, 0.5) is 0 Å². The minimum absolute atomic E-state index is 0.00915. The lowest BCUT2D eigenvalue weighted by atomic mass is 9.96. The lowest BCUT2D eigenvalue weighted by molar-refractivity contribution is -0.135. The second-order valence-corrected chi connectivity index (χ2v) is 3.98. The summed E-state index contributed by atoms with van der Waals surface area (Å²) in [5.74, 6) is -1.87. The normalized spacial score (nSPS) is 20.9. The molecule has 0 bridgehead atoms. The SMILES string of the molecule is C[C](C(N)=O)C(=O)N1CCCC(C(N)=O)C1. The minimum Gasteiger partial charge on any atom is -0.369 e. The summed E-state index contributed by atoms with van der Waals surface area (Å²) in [4.78, 5) is 35.1. The van der Waals surface area contributed by atoms with E-state index >= 15 is 0 Å². The molecule has 1 saturated heterocycles. The fourth-order valence-corrected chi connectivity index (χ4v) is 1.74. The molecule has 0 saturated carbocycles. The van der Waals surface area contributed by atoms with Crippen molar-refractivity contribution in [1.29, 1.82) is 0 Å². The van der Waals surface area contributed by atoms with Crippen molar-refractivity contribution in [2.75, 3.05) is 13.1 Å². The molecule has 0 spiro atoms. The molecule has 0 aromatic rings. The van der Waals surface area contributed by atoms with E-state index in [1.165, 1.54) is 11.8 Å². The van der Waals surface area contributed by atoms with Gasteiger partial charge >= 0.3 is 0 Å². The zero-order chi connectivity index (χ0) is 12.3. The van der Waals surface area contributed by atoms with E-state index in [1.807, 2.05) is 0 Å². The molecule has 0 aromatic heterocycles. The van der Waals surface area contributed by atoms with Crippen LogP contribution in [-0.2, 0) is 14.4 Å². The van der Waals surface area contributed by atoms with Gasteiger partial charge in [0.15, 0.2) is 0 Å². The number of piperidine rings is 1. The first-order valence-electron chi connectivity index (χ1n) is 5.15. The first kappa shape index (κ1) is 12.5. The quantitative estimate of drug-likeness (QED) is 0.589. The van der Waals surface area contributed by atoms with E-state index in [4.69, 9.17) is 11.5 Å². The van der Waals surface area contributed by atoms with Crippen molar-refractivity contribution in [2.24, 2.45) is 17.4 Å². The van der Waals surface area contributed by atoms with Crippen LogP contribution in [0.1, 0.15) is 19.8 Å². The Morgan fingerprint density at radius 2 is 1.88 bits per heavy atom. The topological polar surface area (TPSA) is 106 Å². The molecule has 0 aromatic carbocycles. The van der Waals surface area contributed by atoms with Gasteiger partial charge < -0.3 is 16.4 Å². The molecular formula is C10H16N3O3. The summed E-state index contributed by atoms with van der Waals surface area (Å²) in [7, 11) is 0. The van der Waals surface area contributed by atoms with Crippen molar-refractivity contribution in [2.45, 2.75) is 19.8 Å². The van der Waals surface area contributed by atoms with Gasteiger partial charge in [0.25, 0.3) is 0 Å². The number of carbonyl (C=O) groups excluding carboxylic acids is 3. The van der Waals surface area contributed by atoms with E-state index in [0.29, 0.717) is 19.4 Å². The number of amides is 3. The lowest BCUT2D eigenvalue weighted by Gasteiger charge is -2.32. The van der Waals surface area contributed by atoms with Crippen LogP contribution >= 0.6 is 0 Å². The molecule has 0 aliphatic carbocycles. The second-order valence-electron chi connectivity index (χ2n) is 3.98. The number of likely N-dealkylation sites (tertiary alicyclic amines) is 1. The highest BCUT2D eigenvalue weighted by Crippen LogP contribution is 2.18. The van der Waals surface area contributed by atoms with Gasteiger partial charge in [0.2, 0.25) is 17.7 Å². The van der Waals surface area contributed by atoms with Crippen LogP contribution in [0, 0.1) is 11.8 Å². The van der Waals surface area contributed by atoms with Gasteiger partial charge in [-0.3, -0.25) is 14.4 Å². The molecule has 6 heteroatoms. The van der Waals surface area contributed by atoms with Crippen LogP contribution < -0.4 is 11.5 Å². The molecule has 1 fully saturated rings. The smallest absolute Gasteiger partial charge is 0.239 e. The van der Waals surface area contributed by atoms with E-state index in [-0.39, 0.29) is 18.4 Å². The molecule has 1 aliphatic heterocycles. The van der Waals surface area contributed by atoms with Gasteiger partial charge in [0, 0.05) is 13.1 Å². The average molecular weight is 226 g/mol. The molecular weight excluding hydrogens is 210 g/mol. The van der Waals surface area contributed by atoms with Gasteiger partial charge in [0.05, 0.1) is 5.92 Å². The number of nitrogens with two attached hydrogens (primary N) is 2. The summed E-state index contributed by atoms with van der Waals surface area (Å²) in [5, 5.41) is 0. The summed E-state index contributed by atoms with van der Waals surface area (Å²) < 4.78 is 0. The molecule has 16 heavy (non-hydrogen) atoms. The highest BCUT2D eigenvalue weighted by atomic mass is 16.2. The molecule has 1 aliphatic rings. The fraction of sp³-hybridized carbons (Fsp3) is 0.600. The Kier molecular flexibility index (Phi) is 3.87. The Hall–Kier alpha value is -1.59. The van der Waals surface area contributed by atoms with E-state index in [9.17, 15) is 14.4 Å². The van der Waals surface area contributed by atoms with Gasteiger partial charge in [-0.2, -0.15) is 0 Å². The molecule has 1 atom stereocenters. The molecule has 6 nitrogen and oxygen atoms in total. The first-order chi connectivity index (χ1) is 7.43. The van der Waals surface area contributed by atoms with Crippen LogP contribution in [-0.4, -0.2) is 35.7 Å². The number of rotatable bonds is 3. The van der Waals surface area contributed by atoms with E-state index < -0.39 is 17.7 Å². The van der Waals surface area contributed by atoms with Gasteiger partial charge in [0.1, 0.15) is 5.92 Å². The summed E-state index contributed by atoms with van der Waals surface area (Å²) >= 11 is 0. The van der Waals surface area contributed by atoms with Gasteiger partial charge in [-0.05, 0) is 19.8 Å². The number of hydrogen-bond acceptors (Lipinski definition) is 3. The third-order valence-electron chi connectivity index (χ3n) is 2.80. The maximum Gasteiger partial charge on any atom is 0.239 e. The third kappa shape index (κ3) is 2.71. The zero-order valence-corrected chi connectivity index (χ0v) is 9.23. The Morgan fingerprint density at radius 3 is 2.38 bits per heavy atom. The average Bonchev–Trinajstić information content (AvgIpc) is 2.27. The number of primary amides is 2. The first-order valence-corrected chi connectivity index (χ1v) is 5.15. The van der Waals surface area contributed by atoms with Gasteiger partial charge in [-0.1, -0.05) is 0 Å². The summed E-state index contributed by atoms with van der Waals surface area (Å²) in [5.41, 5.74) is 10.2. The molecule has 4 N–H and O–H groups in total. The summed E-state index contributed by atoms with van der Waals surface area (Å²) in [6, 6.07) is 0. The van der Waals surface area contributed by atoms with Crippen LogP contribution in [0.5, 0.6) is 0 Å². The van der Waals surface area contributed by atoms with E-state index in [1.54, 1.807) is 0 Å². The largest absolute Gasteiger partial charge is 0.369 e. The maximum absolute atomic E-state index is 11.7. The monoisotopic (exact) mass is 226 g/mol. The summed E-state index contributed by atoms with van der Waals surface area (Å²) in [6.45, 7) is 2.20. The van der Waals surface area contributed by atoms with Gasteiger partial charge in [-0.15, -0.1) is 0 Å². The molecule has 1 radical (unpaired) electrons. The van der Waals surface area contributed by atoms with Crippen molar-refractivity contribution >= 4 is 17.7 Å². The molecule has 89 valence electrons. The zero-order valence-electron chi connectivity index (χ0n) is 9.23. The van der Waals surface area contributed by atoms with Gasteiger partial charge in [-0.25, -0.2) is 0 Å². The highest BCUT2D eigenvalue weighted by molar-refractivity contribution is 6.13. The molecule has 1 heterocycles. The van der Waals surface area contributed by atoms with Crippen molar-refractivity contribution < 1.29 is 14.4 Å². The predicted octanol–water partition coefficient (Wildman–Crippen LogP) is -1.21. The predicted molar refractivity (Wildman–Crippen MR) is 56.6 cm³/mol. The highest BCUT2D eigenvalue weighted by Gasteiger charge is 2.31. The number of carbonyl (C=O) groups is 3. The fourth-order valence-electron chi connectivity index (χ4n) is 1.74. The molecule has 3 amide bonds. The lowest BCUT2D eigenvalue weighted by Crippen LogP contribution is -2.47. The molecule has 1 unspecified atom stereocenters. The summed E-state index contributed by atoms with van der Waals surface area (Å²) in [6.07, 6.45) is 1.40. The van der Waals surface area contributed by atoms with Crippen molar-refractivity contribution in [3.63, 3.8) is 0 Å². The Bertz CT molecular complexity index is 316. The van der Waals surface area contributed by atoms with Crippen LogP contribution in [0.15, 0.2) is 0 Å². The maximum atomic E-state index is 11.7. The minimum atomic E-state index is -0.730. The second kappa shape index (κ2) is 4.96. The van der Waals surface area contributed by atoms with Crippen LogP contribution in [0.2, 0.25) is 0 Å². The van der Waals surface area contributed by atoms with Crippen LogP contribution in [0.3, 0.4) is 0 Å². The van der Waals surface area contributed by atoms with E-state index in [0.717, 1.165) is 0 Å². The Morgan fingerprint density at radius 1 is 1.25 bits per heavy atom. The Labute approximate surface area is 93.9 Å². The van der Waals surface area contributed by atoms with Crippen molar-refractivity contribution in [3.05, 3.63) is 5.92 Å². The van der Waals surface area contributed by atoms with Crippen LogP contribution in [0.25, 0.3) is 0 Å². The number of nitrogens with zero attached hydrogens (tertiary/aromatic N) is 1. The molecule has 1 rings (SSSR count). The van der Waals surface area contributed by atoms with E-state index in [2.05, 4.69) is 0 Å².